The van der Waals surface area contributed by atoms with E-state index >= 15 is 0 Å². The molecule has 3 amide bonds. The van der Waals surface area contributed by atoms with Crippen LogP contribution in [0.3, 0.4) is 0 Å². The number of aromatic nitrogens is 2. The fourth-order valence-electron chi connectivity index (χ4n) is 6.78. The van der Waals surface area contributed by atoms with Gasteiger partial charge >= 0.3 is 0 Å². The number of benzene rings is 3. The molecule has 1 aliphatic rings. The molecule has 1 aromatic heterocycles. The van der Waals surface area contributed by atoms with Crippen molar-refractivity contribution in [1.82, 2.24) is 30.4 Å². The number of hydrogen-bond donors (Lipinski definition) is 6. The van der Waals surface area contributed by atoms with Crippen LogP contribution in [0.2, 0.25) is 0 Å². The van der Waals surface area contributed by atoms with E-state index in [0.717, 1.165) is 33.0 Å². The highest BCUT2D eigenvalue weighted by atomic mass is 16.2. The molecule has 1 fully saturated rings. The van der Waals surface area contributed by atoms with Crippen LogP contribution in [0.4, 0.5) is 0 Å². The maximum absolute atomic E-state index is 14.6. The molecule has 264 valence electrons. The van der Waals surface area contributed by atoms with E-state index in [1.807, 2.05) is 79.1 Å². The van der Waals surface area contributed by atoms with E-state index in [0.29, 0.717) is 44.6 Å². The van der Waals surface area contributed by atoms with Crippen molar-refractivity contribution in [3.05, 3.63) is 101 Å². The predicted octanol–water partition coefficient (Wildman–Crippen LogP) is 2.71. The van der Waals surface area contributed by atoms with E-state index in [-0.39, 0.29) is 42.7 Å². The Bertz CT molecular complexity index is 1810. The maximum atomic E-state index is 14.6. The van der Waals surface area contributed by atoms with Crippen molar-refractivity contribution in [3.8, 4) is 0 Å². The minimum atomic E-state index is -0.898. The standard InChI is InChI=1S/C38H49N9O3/c1-24-10-12-29(25(2)15-24)18-34(45-36(49)33(39)19-31-20-42-23-44-31)37(50)47-21-26(3)46(22-32(47)9-6-14-43-38(40)41)35(48)17-27-11-13-28-7-4-5-8-30(28)16-27/h4-5,7-8,10-13,15-16,20,23,26,32-34H,6,9,14,17-19,21-22,39H2,1-3H3,(H,42,44)(H,45,49)(H4,40,41,43)/t26?,32?,33-,34+/m0/s1. The Morgan fingerprint density at radius 2 is 1.80 bits per heavy atom. The molecule has 4 atom stereocenters. The van der Waals surface area contributed by atoms with Crippen molar-refractivity contribution in [1.29, 1.82) is 5.41 Å². The molecular weight excluding hydrogens is 630 g/mol. The molecule has 0 aliphatic carbocycles. The van der Waals surface area contributed by atoms with Crippen molar-refractivity contribution in [2.24, 2.45) is 11.5 Å². The smallest absolute Gasteiger partial charge is 0.245 e. The van der Waals surface area contributed by atoms with Crippen LogP contribution in [0.1, 0.15) is 47.7 Å². The molecule has 1 aliphatic heterocycles. The molecule has 2 heterocycles. The molecule has 5 rings (SSSR count). The van der Waals surface area contributed by atoms with Crippen molar-refractivity contribution in [3.63, 3.8) is 0 Å². The zero-order valence-corrected chi connectivity index (χ0v) is 29.1. The van der Waals surface area contributed by atoms with Gasteiger partial charge in [-0.1, -0.05) is 66.2 Å². The fourth-order valence-corrected chi connectivity index (χ4v) is 6.78. The summed E-state index contributed by atoms with van der Waals surface area (Å²) in [5, 5.41) is 15.6. The molecule has 4 aromatic rings. The van der Waals surface area contributed by atoms with E-state index < -0.39 is 18.0 Å². The second-order valence-electron chi connectivity index (χ2n) is 13.4. The molecule has 1 saturated heterocycles. The summed E-state index contributed by atoms with van der Waals surface area (Å²) in [6, 6.07) is 17.9. The second kappa shape index (κ2) is 16.4. The summed E-state index contributed by atoms with van der Waals surface area (Å²) >= 11 is 0. The largest absolute Gasteiger partial charge is 0.370 e. The first-order chi connectivity index (χ1) is 24.0. The molecule has 2 unspecified atom stereocenters. The molecule has 8 N–H and O–H groups in total. The van der Waals surface area contributed by atoms with Crippen LogP contribution >= 0.6 is 0 Å². The number of hydrogen-bond acceptors (Lipinski definition) is 6. The molecule has 3 aromatic carbocycles. The molecule has 12 heteroatoms. The number of amides is 3. The summed E-state index contributed by atoms with van der Waals surface area (Å²) in [7, 11) is 0. The highest BCUT2D eigenvalue weighted by Gasteiger charge is 2.39. The van der Waals surface area contributed by atoms with Gasteiger partial charge in [-0.25, -0.2) is 4.98 Å². The van der Waals surface area contributed by atoms with Gasteiger partial charge < -0.3 is 36.9 Å². The van der Waals surface area contributed by atoms with Crippen molar-refractivity contribution in [2.75, 3.05) is 19.6 Å². The Labute approximate surface area is 293 Å². The van der Waals surface area contributed by atoms with Crippen LogP contribution in [-0.2, 0) is 33.6 Å². The number of carbonyl (C=O) groups excluding carboxylic acids is 3. The quantitative estimate of drug-likeness (QED) is 0.0712. The van der Waals surface area contributed by atoms with Crippen LogP contribution < -0.4 is 22.1 Å². The van der Waals surface area contributed by atoms with Gasteiger partial charge in [0.1, 0.15) is 6.04 Å². The summed E-state index contributed by atoms with van der Waals surface area (Å²) in [4.78, 5) is 52.7. The molecule has 0 saturated carbocycles. The van der Waals surface area contributed by atoms with Crippen molar-refractivity contribution in [2.45, 2.75) is 77.0 Å². The SMILES string of the molecule is Cc1ccc(C[C@@H](NC(=O)[C@@H](N)Cc2c[nH]cn2)C(=O)N2CC(C)N(C(=O)Cc3ccc4ccccc4c3)CC2CCCNC(=N)N)c(C)c1. The molecule has 12 nitrogen and oxygen atoms in total. The minimum Gasteiger partial charge on any atom is -0.370 e. The summed E-state index contributed by atoms with van der Waals surface area (Å²) < 4.78 is 0. The number of fused-ring (bicyclic) bond motifs is 1. The van der Waals surface area contributed by atoms with Crippen LogP contribution in [0, 0.1) is 19.3 Å². The summed E-state index contributed by atoms with van der Waals surface area (Å²) in [5.74, 6) is -0.778. The summed E-state index contributed by atoms with van der Waals surface area (Å²) in [6.07, 6.45) is 5.19. The van der Waals surface area contributed by atoms with Gasteiger partial charge in [-0.05, 0) is 61.1 Å². The third kappa shape index (κ3) is 9.26. The first kappa shape index (κ1) is 36.1. The van der Waals surface area contributed by atoms with Crippen LogP contribution in [0.5, 0.6) is 0 Å². The van der Waals surface area contributed by atoms with Crippen LogP contribution in [0.25, 0.3) is 10.8 Å². The van der Waals surface area contributed by atoms with Gasteiger partial charge in [-0.2, -0.15) is 0 Å². The first-order valence-corrected chi connectivity index (χ1v) is 17.2. The van der Waals surface area contributed by atoms with Gasteiger partial charge in [0, 0.05) is 50.8 Å². The number of aromatic amines is 1. The van der Waals surface area contributed by atoms with E-state index in [1.165, 1.54) is 6.33 Å². The lowest BCUT2D eigenvalue weighted by Crippen LogP contribution is -2.64. The number of guanidine groups is 1. The van der Waals surface area contributed by atoms with Crippen LogP contribution in [0.15, 0.2) is 73.2 Å². The molecule has 50 heavy (non-hydrogen) atoms. The van der Waals surface area contributed by atoms with E-state index in [4.69, 9.17) is 16.9 Å². The molecule has 0 radical (unpaired) electrons. The predicted molar refractivity (Wildman–Crippen MR) is 195 cm³/mol. The number of nitrogens with zero attached hydrogens (tertiary/aromatic N) is 3. The van der Waals surface area contributed by atoms with Gasteiger partial charge in [-0.15, -0.1) is 0 Å². The third-order valence-corrected chi connectivity index (χ3v) is 9.50. The van der Waals surface area contributed by atoms with Gasteiger partial charge in [0.2, 0.25) is 17.7 Å². The zero-order valence-electron chi connectivity index (χ0n) is 29.1. The van der Waals surface area contributed by atoms with Gasteiger partial charge in [0.15, 0.2) is 5.96 Å². The fraction of sp³-hybridized carbons (Fsp3) is 0.395. The topological polar surface area (TPSA) is 186 Å². The number of imidazole rings is 1. The van der Waals surface area contributed by atoms with Crippen molar-refractivity contribution < 1.29 is 14.4 Å². The molecular formula is C38H49N9O3. The van der Waals surface area contributed by atoms with Gasteiger partial charge in [-0.3, -0.25) is 19.8 Å². The average molecular weight is 680 g/mol. The highest BCUT2D eigenvalue weighted by molar-refractivity contribution is 5.91. The van der Waals surface area contributed by atoms with E-state index in [9.17, 15) is 14.4 Å². The summed E-state index contributed by atoms with van der Waals surface area (Å²) in [5.41, 5.74) is 16.5. The lowest BCUT2D eigenvalue weighted by Gasteiger charge is -2.46. The monoisotopic (exact) mass is 679 g/mol. The summed E-state index contributed by atoms with van der Waals surface area (Å²) in [6.45, 7) is 7.10. The first-order valence-electron chi connectivity index (χ1n) is 17.2. The van der Waals surface area contributed by atoms with Crippen LogP contribution in [-0.4, -0.2) is 87.3 Å². The third-order valence-electron chi connectivity index (χ3n) is 9.50. The number of H-pyrrole nitrogens is 1. The number of rotatable bonds is 13. The molecule has 0 spiro atoms. The van der Waals surface area contributed by atoms with Gasteiger partial charge in [0.25, 0.3) is 0 Å². The number of aryl methyl sites for hydroxylation is 2. The second-order valence-corrected chi connectivity index (χ2v) is 13.4. The Kier molecular flexibility index (Phi) is 11.9. The minimum absolute atomic E-state index is 0.00351. The Morgan fingerprint density at radius 3 is 2.52 bits per heavy atom. The van der Waals surface area contributed by atoms with E-state index in [2.05, 4.69) is 32.7 Å². The zero-order chi connectivity index (χ0) is 35.8. The highest BCUT2D eigenvalue weighted by Crippen LogP contribution is 2.24. The average Bonchev–Trinajstić information content (AvgIpc) is 3.60. The Morgan fingerprint density at radius 1 is 1.02 bits per heavy atom. The molecule has 0 bridgehead atoms. The van der Waals surface area contributed by atoms with E-state index in [1.54, 1.807) is 6.20 Å². The van der Waals surface area contributed by atoms with Crippen molar-refractivity contribution >= 4 is 34.5 Å². The lowest BCUT2D eigenvalue weighted by atomic mass is 9.95. The number of nitrogens with two attached hydrogens (primary N) is 2. The number of piperazine rings is 1. The van der Waals surface area contributed by atoms with Gasteiger partial charge in [0.05, 0.1) is 24.5 Å². The normalized spacial score (nSPS) is 17.3. The number of carbonyl (C=O) groups is 3. The Balaban J connectivity index is 1.37. The maximum Gasteiger partial charge on any atom is 0.245 e. The lowest BCUT2D eigenvalue weighted by molar-refractivity contribution is -0.148. The number of nitrogens with one attached hydrogen (secondary N) is 4. The Hall–Kier alpha value is -5.23.